The van der Waals surface area contributed by atoms with E-state index in [4.69, 9.17) is 4.74 Å². The van der Waals surface area contributed by atoms with Gasteiger partial charge >= 0.3 is 0 Å². The molecule has 3 aromatic carbocycles. The van der Waals surface area contributed by atoms with Crippen LogP contribution in [0, 0.1) is 5.92 Å². The number of methoxy groups -OCH3 is 1. The molecule has 0 saturated carbocycles. The van der Waals surface area contributed by atoms with E-state index >= 15 is 0 Å². The predicted octanol–water partition coefficient (Wildman–Crippen LogP) is 4.62. The number of piperidine rings is 1. The van der Waals surface area contributed by atoms with Crippen LogP contribution in [0.3, 0.4) is 0 Å². The Hall–Kier alpha value is -3.06. The average Bonchev–Trinajstić information content (AvgIpc) is 3.25. The first-order chi connectivity index (χ1) is 15.9. The largest absolute Gasteiger partial charge is 0.496 e. The van der Waals surface area contributed by atoms with Crippen molar-refractivity contribution in [1.29, 1.82) is 0 Å². The molecular formula is C26H28N2O4S. The van der Waals surface area contributed by atoms with Crippen molar-refractivity contribution in [3.05, 3.63) is 65.2 Å². The van der Waals surface area contributed by atoms with Crippen molar-refractivity contribution in [2.45, 2.75) is 37.5 Å². The average molecular weight is 465 g/mol. The van der Waals surface area contributed by atoms with E-state index < -0.39 is 10.0 Å². The Labute approximate surface area is 194 Å². The Morgan fingerprint density at radius 2 is 1.76 bits per heavy atom. The standard InChI is InChI=1S/C26H28N2O4S/c1-17-12-14-28(15-13-17)26(29)22-16-20(9-11-24(22)32-2)33(30,31)27-23-10-8-19-7-6-18-4-3-5-21(23)25(18)19/h3-5,8-11,16-17,27H,6-7,12-15H2,1-2H3. The molecule has 1 amide bonds. The lowest BCUT2D eigenvalue weighted by Gasteiger charge is -2.30. The minimum atomic E-state index is -3.91. The SMILES string of the molecule is COc1ccc(S(=O)(=O)Nc2ccc3c4c(cccc24)CC3)cc1C(=O)N1CCC(C)CC1. The summed E-state index contributed by atoms with van der Waals surface area (Å²) in [5.74, 6) is 0.772. The molecule has 0 atom stereocenters. The molecular weight excluding hydrogens is 436 g/mol. The fourth-order valence-electron chi connectivity index (χ4n) is 4.94. The number of aryl methyl sites for hydroxylation is 2. The minimum absolute atomic E-state index is 0.0419. The number of nitrogens with zero attached hydrogens (tertiary/aromatic N) is 1. The van der Waals surface area contributed by atoms with Gasteiger partial charge < -0.3 is 9.64 Å². The highest BCUT2D eigenvalue weighted by Crippen LogP contribution is 2.36. The normalized spacial score (nSPS) is 16.2. The van der Waals surface area contributed by atoms with Crippen LogP contribution in [-0.2, 0) is 22.9 Å². The van der Waals surface area contributed by atoms with Crippen molar-refractivity contribution in [3.8, 4) is 5.75 Å². The lowest BCUT2D eigenvalue weighted by atomic mass is 9.98. The first-order valence-corrected chi connectivity index (χ1v) is 12.9. The summed E-state index contributed by atoms with van der Waals surface area (Å²) in [5.41, 5.74) is 3.31. The number of amides is 1. The highest BCUT2D eigenvalue weighted by Gasteiger charge is 2.26. The molecule has 0 radical (unpaired) electrons. The number of hydrogen-bond donors (Lipinski definition) is 1. The Morgan fingerprint density at radius 3 is 2.48 bits per heavy atom. The first kappa shape index (κ1) is 21.8. The van der Waals surface area contributed by atoms with Gasteiger partial charge in [-0.3, -0.25) is 9.52 Å². The maximum Gasteiger partial charge on any atom is 0.261 e. The number of hydrogen-bond acceptors (Lipinski definition) is 4. The summed E-state index contributed by atoms with van der Waals surface area (Å²) in [6.45, 7) is 3.51. The minimum Gasteiger partial charge on any atom is -0.496 e. The molecule has 1 N–H and O–H groups in total. The van der Waals surface area contributed by atoms with Gasteiger partial charge in [-0.25, -0.2) is 8.42 Å². The molecule has 1 saturated heterocycles. The lowest BCUT2D eigenvalue weighted by molar-refractivity contribution is 0.0693. The zero-order valence-electron chi connectivity index (χ0n) is 18.9. The van der Waals surface area contributed by atoms with Gasteiger partial charge in [-0.1, -0.05) is 31.2 Å². The molecule has 0 aromatic heterocycles. The van der Waals surface area contributed by atoms with Crippen molar-refractivity contribution in [3.63, 3.8) is 0 Å². The molecule has 1 aliphatic heterocycles. The van der Waals surface area contributed by atoms with E-state index in [9.17, 15) is 13.2 Å². The second-order valence-corrected chi connectivity index (χ2v) is 10.7. The van der Waals surface area contributed by atoms with Gasteiger partial charge in [0.2, 0.25) is 0 Å². The summed E-state index contributed by atoms with van der Waals surface area (Å²) in [5, 5.41) is 2.04. The fraction of sp³-hybridized carbons (Fsp3) is 0.346. The zero-order chi connectivity index (χ0) is 23.2. The lowest BCUT2D eigenvalue weighted by Crippen LogP contribution is -2.38. The second-order valence-electron chi connectivity index (χ2n) is 9.05. The maximum absolute atomic E-state index is 13.3. The van der Waals surface area contributed by atoms with Crippen LogP contribution >= 0.6 is 0 Å². The summed E-state index contributed by atoms with van der Waals surface area (Å²) in [4.78, 5) is 15.0. The number of benzene rings is 3. The Kier molecular flexibility index (Phi) is 5.52. The third kappa shape index (κ3) is 3.95. The molecule has 1 heterocycles. The molecule has 172 valence electrons. The fourth-order valence-corrected chi connectivity index (χ4v) is 6.05. The highest BCUT2D eigenvalue weighted by atomic mass is 32.2. The Balaban J connectivity index is 1.49. The summed E-state index contributed by atoms with van der Waals surface area (Å²) >= 11 is 0. The molecule has 0 bridgehead atoms. The van der Waals surface area contributed by atoms with Gasteiger partial charge in [0.05, 0.1) is 23.3 Å². The van der Waals surface area contributed by atoms with Crippen LogP contribution in [0.1, 0.15) is 41.3 Å². The number of ether oxygens (including phenoxy) is 1. The van der Waals surface area contributed by atoms with Crippen LogP contribution in [0.25, 0.3) is 10.8 Å². The first-order valence-electron chi connectivity index (χ1n) is 11.4. The zero-order valence-corrected chi connectivity index (χ0v) is 19.7. The van der Waals surface area contributed by atoms with E-state index in [0.29, 0.717) is 30.4 Å². The van der Waals surface area contributed by atoms with Crippen LogP contribution in [0.5, 0.6) is 5.75 Å². The van der Waals surface area contributed by atoms with E-state index in [2.05, 4.69) is 17.7 Å². The molecule has 33 heavy (non-hydrogen) atoms. The van der Waals surface area contributed by atoms with E-state index in [1.54, 1.807) is 11.0 Å². The molecule has 2 aliphatic rings. The van der Waals surface area contributed by atoms with Gasteiger partial charge in [0.25, 0.3) is 15.9 Å². The Morgan fingerprint density at radius 1 is 1.03 bits per heavy atom. The summed E-state index contributed by atoms with van der Waals surface area (Å²) in [6, 6.07) is 14.3. The topological polar surface area (TPSA) is 75.7 Å². The summed E-state index contributed by atoms with van der Waals surface area (Å²) in [6.07, 6.45) is 3.83. The van der Waals surface area contributed by atoms with E-state index in [0.717, 1.165) is 36.5 Å². The van der Waals surface area contributed by atoms with Crippen LogP contribution in [-0.4, -0.2) is 39.4 Å². The van der Waals surface area contributed by atoms with Crippen molar-refractivity contribution in [2.24, 2.45) is 5.92 Å². The van der Waals surface area contributed by atoms with Crippen LogP contribution in [0.15, 0.2) is 53.4 Å². The number of carbonyl (C=O) groups is 1. The van der Waals surface area contributed by atoms with Crippen LogP contribution < -0.4 is 9.46 Å². The maximum atomic E-state index is 13.3. The monoisotopic (exact) mass is 464 g/mol. The molecule has 6 nitrogen and oxygen atoms in total. The molecule has 1 fully saturated rings. The summed E-state index contributed by atoms with van der Waals surface area (Å²) < 4.78 is 34.8. The number of sulfonamides is 1. The molecule has 3 aromatic rings. The third-order valence-electron chi connectivity index (χ3n) is 6.90. The summed E-state index contributed by atoms with van der Waals surface area (Å²) in [7, 11) is -2.42. The van der Waals surface area contributed by atoms with Crippen molar-refractivity contribution in [1.82, 2.24) is 4.90 Å². The number of carbonyl (C=O) groups excluding carboxylic acids is 1. The number of likely N-dealkylation sites (tertiary alicyclic amines) is 1. The third-order valence-corrected chi connectivity index (χ3v) is 8.27. The van der Waals surface area contributed by atoms with E-state index in [1.165, 1.54) is 30.4 Å². The molecule has 0 spiro atoms. The molecule has 1 aliphatic carbocycles. The molecule has 7 heteroatoms. The van der Waals surface area contributed by atoms with Gasteiger partial charge in [0, 0.05) is 18.5 Å². The van der Waals surface area contributed by atoms with Crippen molar-refractivity contribution >= 4 is 32.4 Å². The van der Waals surface area contributed by atoms with Crippen molar-refractivity contribution in [2.75, 3.05) is 24.9 Å². The number of rotatable bonds is 5. The number of nitrogens with one attached hydrogen (secondary N) is 1. The van der Waals surface area contributed by atoms with Gasteiger partial charge in [-0.15, -0.1) is 0 Å². The molecule has 5 rings (SSSR count). The van der Waals surface area contributed by atoms with Gasteiger partial charge in [0.1, 0.15) is 5.75 Å². The second kappa shape index (κ2) is 8.37. The van der Waals surface area contributed by atoms with Gasteiger partial charge in [0.15, 0.2) is 0 Å². The van der Waals surface area contributed by atoms with Crippen LogP contribution in [0.2, 0.25) is 0 Å². The Bertz CT molecular complexity index is 1330. The van der Waals surface area contributed by atoms with E-state index in [1.807, 2.05) is 24.3 Å². The smallest absolute Gasteiger partial charge is 0.261 e. The van der Waals surface area contributed by atoms with Crippen LogP contribution in [0.4, 0.5) is 5.69 Å². The highest BCUT2D eigenvalue weighted by molar-refractivity contribution is 7.92. The molecule has 0 unspecified atom stereocenters. The number of anilines is 1. The van der Waals surface area contributed by atoms with E-state index in [-0.39, 0.29) is 16.4 Å². The van der Waals surface area contributed by atoms with Gasteiger partial charge in [-0.2, -0.15) is 0 Å². The van der Waals surface area contributed by atoms with Crippen molar-refractivity contribution < 1.29 is 17.9 Å². The quantitative estimate of drug-likeness (QED) is 0.598. The van der Waals surface area contributed by atoms with Gasteiger partial charge in [-0.05, 0) is 72.4 Å². The predicted molar refractivity (Wildman–Crippen MR) is 129 cm³/mol.